The Balaban J connectivity index is 7.16. The van der Waals surface area contributed by atoms with Crippen LogP contribution in [0.3, 0.4) is 0 Å². The van der Waals surface area contributed by atoms with Crippen molar-refractivity contribution < 1.29 is 0 Å². The molecule has 0 bridgehead atoms. The molecule has 20 heavy (non-hydrogen) atoms. The third-order valence-electron chi connectivity index (χ3n) is 2.43. The molecule has 90 valence electrons. The number of rotatable bonds is 3. The monoisotopic (exact) mass is 256 g/mol. The molecule has 8 nitrogen and oxygen atoms in total. The molecule has 0 aromatic rings. The molecule has 0 atom stereocenters. The van der Waals surface area contributed by atoms with Gasteiger partial charge in [0.2, 0.25) is 10.8 Å². The van der Waals surface area contributed by atoms with Gasteiger partial charge >= 0.3 is 0 Å². The molecule has 0 rings (SSSR count). The van der Waals surface area contributed by atoms with Crippen LogP contribution in [0.15, 0.2) is 11.1 Å². The first kappa shape index (κ1) is 15.8. The quantitative estimate of drug-likeness (QED) is 0.519. The second-order valence-corrected chi connectivity index (χ2v) is 3.14. The summed E-state index contributed by atoms with van der Waals surface area (Å²) in [4.78, 5) is 0. The van der Waals surface area contributed by atoms with Gasteiger partial charge in [0.25, 0.3) is 0 Å². The topological polar surface area (TPSA) is 187 Å². The molecule has 0 aromatic heterocycles. The minimum absolute atomic E-state index is 1.05. The highest BCUT2D eigenvalue weighted by atomic mass is 14.6. The van der Waals surface area contributed by atoms with Crippen LogP contribution in [-0.4, -0.2) is 11.7 Å². The van der Waals surface area contributed by atoms with Gasteiger partial charge < -0.3 is 10.8 Å². The van der Waals surface area contributed by atoms with Gasteiger partial charge in [0.1, 0.15) is 12.1 Å². The number of nitriles is 6. The van der Waals surface area contributed by atoms with Crippen LogP contribution in [0.1, 0.15) is 0 Å². The molecular formula is C12N8-2. The van der Waals surface area contributed by atoms with E-state index >= 15 is 0 Å². The molecule has 0 spiro atoms. The third-order valence-corrected chi connectivity index (χ3v) is 2.43. The van der Waals surface area contributed by atoms with E-state index in [2.05, 4.69) is 0 Å². The first-order valence-electron chi connectivity index (χ1n) is 4.54. The van der Waals surface area contributed by atoms with Gasteiger partial charge in [-0.25, -0.2) is 0 Å². The molecule has 0 aliphatic heterocycles. The maximum absolute atomic E-state index is 9.12. The van der Waals surface area contributed by atoms with Crippen LogP contribution in [0.5, 0.6) is 0 Å². The summed E-state index contributed by atoms with van der Waals surface area (Å²) >= 11 is 0. The Morgan fingerprint density at radius 1 is 0.600 bits per heavy atom. The van der Waals surface area contributed by atoms with Crippen LogP contribution in [0.2, 0.25) is 0 Å². The van der Waals surface area contributed by atoms with E-state index in [1.807, 2.05) is 0 Å². The highest BCUT2D eigenvalue weighted by Gasteiger charge is 2.60. The highest BCUT2D eigenvalue weighted by Crippen LogP contribution is 2.47. The Morgan fingerprint density at radius 3 is 0.950 bits per heavy atom. The largest absolute Gasteiger partial charge is 0.762 e. The Morgan fingerprint density at radius 2 is 0.850 bits per heavy atom. The van der Waals surface area contributed by atoms with Crippen molar-refractivity contribution in [1.82, 2.24) is 0 Å². The summed E-state index contributed by atoms with van der Waals surface area (Å²) in [5.74, 6) is 2.50. The summed E-state index contributed by atoms with van der Waals surface area (Å²) in [6.07, 6.45) is 0. The molecule has 0 fully saturated rings. The summed E-state index contributed by atoms with van der Waals surface area (Å²) in [5, 5.41) is 71.7. The summed E-state index contributed by atoms with van der Waals surface area (Å²) < 4.78 is 0. The average molecular weight is 256 g/mol. The Kier molecular flexibility index (Phi) is 4.72. The molecule has 0 saturated carbocycles. The van der Waals surface area contributed by atoms with Crippen LogP contribution in [0.25, 0.3) is 10.8 Å². The zero-order valence-electron chi connectivity index (χ0n) is 9.58. The van der Waals surface area contributed by atoms with E-state index in [1.165, 1.54) is 48.2 Å². The van der Waals surface area contributed by atoms with Crippen LogP contribution in [0.4, 0.5) is 0 Å². The minimum atomic E-state index is -2.86. The van der Waals surface area contributed by atoms with Crippen molar-refractivity contribution in [1.29, 1.82) is 31.6 Å². The third kappa shape index (κ3) is 1.68. The van der Waals surface area contributed by atoms with Crippen molar-refractivity contribution >= 4 is 11.7 Å². The summed E-state index contributed by atoms with van der Waals surface area (Å²) in [6, 6.07) is 7.49. The molecule has 8 heteroatoms. The zero-order valence-corrected chi connectivity index (χ0v) is 9.58. The maximum atomic E-state index is 9.12. The predicted molar refractivity (Wildman–Crippen MR) is 62.3 cm³/mol. The molecule has 0 heterocycles. The smallest absolute Gasteiger partial charge is 0.220 e. The maximum Gasteiger partial charge on any atom is 0.220 e. The van der Waals surface area contributed by atoms with Gasteiger partial charge in [0.15, 0.2) is 0 Å². The van der Waals surface area contributed by atoms with Gasteiger partial charge in [-0.15, -0.1) is 0 Å². The predicted octanol–water partition coefficient (Wildman–Crippen LogP) is 0.432. The molecule has 0 saturated heterocycles. The fraction of sp³-hybridized carbons (Fsp3) is 0.167. The highest BCUT2D eigenvalue weighted by molar-refractivity contribution is 5.78. The fourth-order valence-electron chi connectivity index (χ4n) is 1.37. The van der Waals surface area contributed by atoms with Gasteiger partial charge in [0.05, 0.1) is 35.4 Å². The first-order valence-corrected chi connectivity index (χ1v) is 4.54. The van der Waals surface area contributed by atoms with E-state index in [-0.39, 0.29) is 0 Å². The van der Waals surface area contributed by atoms with E-state index in [1.54, 1.807) is 0 Å². The standard InChI is InChI=1S/C12N8/c13-1-9(2-14)11(5-17,6-18)12(7-19,8-20)10(3-15)4-16/q-2. The van der Waals surface area contributed by atoms with Crippen molar-refractivity contribution in [3.05, 3.63) is 22.0 Å². The van der Waals surface area contributed by atoms with Gasteiger partial charge in [-0.05, 0) is 0 Å². The second kappa shape index (κ2) is 5.96. The molecule has 0 unspecified atom stereocenters. The van der Waals surface area contributed by atoms with E-state index in [0.29, 0.717) is 0 Å². The molecule has 0 radical (unpaired) electrons. The van der Waals surface area contributed by atoms with Crippen molar-refractivity contribution in [2.75, 3.05) is 0 Å². The molecule has 0 aliphatic rings. The van der Waals surface area contributed by atoms with E-state index in [4.69, 9.17) is 42.4 Å². The Hall–Kier alpha value is -4.16. The van der Waals surface area contributed by atoms with Crippen molar-refractivity contribution in [2.45, 2.75) is 0 Å². The summed E-state index contributed by atoms with van der Waals surface area (Å²) in [5.41, 5.74) is -7.82. The normalized spacial score (nSPS) is 8.70. The van der Waals surface area contributed by atoms with Crippen molar-refractivity contribution in [3.63, 3.8) is 0 Å². The molecule has 0 N–H and O–H groups in total. The van der Waals surface area contributed by atoms with Gasteiger partial charge in [-0.2, -0.15) is 31.6 Å². The lowest BCUT2D eigenvalue weighted by Gasteiger charge is -2.29. The molecular weight excluding hydrogens is 256 g/mol. The SMILES string of the molecule is N#CC(=C=[N-])C(C#N)(C#N)C(C#N)(C#N)C(=C=[N-])C#N. The van der Waals surface area contributed by atoms with E-state index in [9.17, 15) is 0 Å². The number of hydrogen-bond donors (Lipinski definition) is 0. The Bertz CT molecular complexity index is 694. The fourth-order valence-corrected chi connectivity index (χ4v) is 1.37. The Labute approximate surface area is 113 Å². The van der Waals surface area contributed by atoms with Gasteiger partial charge in [0, 0.05) is 0 Å². The van der Waals surface area contributed by atoms with Crippen molar-refractivity contribution in [3.8, 4) is 36.4 Å². The zero-order chi connectivity index (χ0) is 15.8. The van der Waals surface area contributed by atoms with Crippen LogP contribution in [-0.2, 0) is 0 Å². The first-order chi connectivity index (χ1) is 9.53. The molecule has 0 amide bonds. The number of nitrogens with zero attached hydrogens (tertiary/aromatic N) is 8. The van der Waals surface area contributed by atoms with Crippen molar-refractivity contribution in [2.24, 2.45) is 10.8 Å². The summed E-state index contributed by atoms with van der Waals surface area (Å²) in [6.45, 7) is 0. The van der Waals surface area contributed by atoms with Gasteiger partial charge in [-0.3, -0.25) is 11.7 Å². The van der Waals surface area contributed by atoms with E-state index < -0.39 is 22.0 Å². The van der Waals surface area contributed by atoms with Crippen LogP contribution >= 0.6 is 0 Å². The van der Waals surface area contributed by atoms with Crippen LogP contribution < -0.4 is 0 Å². The lowest BCUT2D eigenvalue weighted by atomic mass is 9.59. The lowest BCUT2D eigenvalue weighted by molar-refractivity contribution is 0.433. The van der Waals surface area contributed by atoms with Crippen LogP contribution in [0, 0.1) is 78.8 Å². The average Bonchev–Trinajstić information content (AvgIpc) is 2.50. The molecule has 0 aromatic carbocycles. The van der Waals surface area contributed by atoms with E-state index in [0.717, 1.165) is 0 Å². The summed E-state index contributed by atoms with van der Waals surface area (Å²) in [7, 11) is 0. The minimum Gasteiger partial charge on any atom is -0.762 e. The lowest BCUT2D eigenvalue weighted by Crippen LogP contribution is -2.41. The number of hydrogen-bond acceptors (Lipinski definition) is 6. The molecule has 0 aliphatic carbocycles. The van der Waals surface area contributed by atoms with Gasteiger partial charge in [-0.1, -0.05) is 0 Å². The number of allylic oxidation sites excluding steroid dienone is 2. The second-order valence-electron chi connectivity index (χ2n) is 3.14.